The standard InChI is InChI=1S/C17H22N2O2.ClH/c20-17(9-11-7-12-5-6-13(8-11)18-12)19-15-10-21-16-4-2-1-3-14(15)16;/h1-4,11-13,15,18H,5-10H2,(H,19,20);1H. The number of ether oxygens (including phenoxy) is 1. The smallest absolute Gasteiger partial charge is 0.220 e. The Balaban J connectivity index is 0.00000144. The minimum absolute atomic E-state index is 0. The maximum Gasteiger partial charge on any atom is 0.220 e. The van der Waals surface area contributed by atoms with E-state index < -0.39 is 0 Å². The van der Waals surface area contributed by atoms with Crippen LogP contribution in [0.25, 0.3) is 0 Å². The Morgan fingerprint density at radius 1 is 1.23 bits per heavy atom. The van der Waals surface area contributed by atoms with Crippen molar-refractivity contribution in [2.24, 2.45) is 5.92 Å². The highest BCUT2D eigenvalue weighted by Crippen LogP contribution is 2.34. The Labute approximate surface area is 137 Å². The van der Waals surface area contributed by atoms with Crippen LogP contribution >= 0.6 is 12.4 Å². The molecule has 3 atom stereocenters. The summed E-state index contributed by atoms with van der Waals surface area (Å²) in [7, 11) is 0. The Morgan fingerprint density at radius 2 is 1.95 bits per heavy atom. The van der Waals surface area contributed by atoms with E-state index in [2.05, 4.69) is 10.6 Å². The van der Waals surface area contributed by atoms with Gasteiger partial charge in [0.25, 0.3) is 0 Å². The number of hydrogen-bond acceptors (Lipinski definition) is 3. The second-order valence-electron chi connectivity index (χ2n) is 6.65. The summed E-state index contributed by atoms with van der Waals surface area (Å²) in [5, 5.41) is 6.78. The number of halogens is 1. The number of rotatable bonds is 3. The van der Waals surface area contributed by atoms with Gasteiger partial charge >= 0.3 is 0 Å². The van der Waals surface area contributed by atoms with Crippen LogP contribution in [-0.4, -0.2) is 24.6 Å². The van der Waals surface area contributed by atoms with E-state index in [4.69, 9.17) is 4.74 Å². The summed E-state index contributed by atoms with van der Waals surface area (Å²) in [5.74, 6) is 1.62. The highest BCUT2D eigenvalue weighted by atomic mass is 35.5. The van der Waals surface area contributed by atoms with Crippen molar-refractivity contribution >= 4 is 18.3 Å². The first-order valence-electron chi connectivity index (χ1n) is 8.05. The van der Waals surface area contributed by atoms with Crippen molar-refractivity contribution in [3.8, 4) is 5.75 Å². The zero-order valence-electron chi connectivity index (χ0n) is 12.6. The molecule has 1 aromatic carbocycles. The molecule has 0 aromatic heterocycles. The van der Waals surface area contributed by atoms with Gasteiger partial charge in [-0.2, -0.15) is 0 Å². The van der Waals surface area contributed by atoms with Gasteiger partial charge < -0.3 is 15.4 Å². The summed E-state index contributed by atoms with van der Waals surface area (Å²) >= 11 is 0. The number of amides is 1. The molecule has 22 heavy (non-hydrogen) atoms. The zero-order chi connectivity index (χ0) is 14.2. The van der Waals surface area contributed by atoms with Gasteiger partial charge in [0.1, 0.15) is 12.4 Å². The van der Waals surface area contributed by atoms with Crippen molar-refractivity contribution in [2.45, 2.75) is 50.2 Å². The van der Waals surface area contributed by atoms with Crippen molar-refractivity contribution in [1.29, 1.82) is 0 Å². The number of para-hydroxylation sites is 1. The molecule has 120 valence electrons. The summed E-state index contributed by atoms with van der Waals surface area (Å²) in [6.07, 6.45) is 5.54. The van der Waals surface area contributed by atoms with E-state index >= 15 is 0 Å². The number of carbonyl (C=O) groups excluding carboxylic acids is 1. The largest absolute Gasteiger partial charge is 0.491 e. The van der Waals surface area contributed by atoms with Gasteiger partial charge in [-0.05, 0) is 37.7 Å². The lowest BCUT2D eigenvalue weighted by Gasteiger charge is -2.28. The molecule has 3 heterocycles. The van der Waals surface area contributed by atoms with E-state index in [-0.39, 0.29) is 24.4 Å². The van der Waals surface area contributed by atoms with Gasteiger partial charge in [-0.25, -0.2) is 0 Å². The second kappa shape index (κ2) is 6.47. The second-order valence-corrected chi connectivity index (χ2v) is 6.65. The van der Waals surface area contributed by atoms with Gasteiger partial charge in [0, 0.05) is 24.1 Å². The molecule has 2 bridgehead atoms. The Morgan fingerprint density at radius 3 is 2.73 bits per heavy atom. The van der Waals surface area contributed by atoms with Gasteiger partial charge in [0.15, 0.2) is 0 Å². The van der Waals surface area contributed by atoms with E-state index in [0.29, 0.717) is 31.0 Å². The fourth-order valence-corrected chi connectivity index (χ4v) is 4.14. The van der Waals surface area contributed by atoms with Crippen molar-refractivity contribution in [3.05, 3.63) is 29.8 Å². The van der Waals surface area contributed by atoms with Crippen LogP contribution in [-0.2, 0) is 4.79 Å². The summed E-state index contributed by atoms with van der Waals surface area (Å²) in [6, 6.07) is 9.29. The molecule has 3 unspecified atom stereocenters. The highest BCUT2D eigenvalue weighted by Gasteiger charge is 2.34. The molecule has 0 aliphatic carbocycles. The number of benzene rings is 1. The lowest BCUT2D eigenvalue weighted by atomic mass is 9.89. The summed E-state index contributed by atoms with van der Waals surface area (Å²) < 4.78 is 5.62. The minimum Gasteiger partial charge on any atom is -0.491 e. The number of nitrogens with one attached hydrogen (secondary N) is 2. The molecule has 0 saturated carbocycles. The number of carbonyl (C=O) groups is 1. The van der Waals surface area contributed by atoms with Crippen LogP contribution in [0.3, 0.4) is 0 Å². The molecule has 1 amide bonds. The Hall–Kier alpha value is -1.26. The van der Waals surface area contributed by atoms with E-state index in [1.54, 1.807) is 0 Å². The quantitative estimate of drug-likeness (QED) is 0.899. The topological polar surface area (TPSA) is 50.4 Å². The third kappa shape index (κ3) is 3.08. The van der Waals surface area contributed by atoms with Crippen LogP contribution in [0, 0.1) is 5.92 Å². The van der Waals surface area contributed by atoms with Crippen molar-refractivity contribution < 1.29 is 9.53 Å². The Bertz CT molecular complexity index is 539. The molecule has 4 rings (SSSR count). The molecule has 3 aliphatic rings. The number of piperidine rings is 1. The summed E-state index contributed by atoms with van der Waals surface area (Å²) in [5.41, 5.74) is 1.11. The normalized spacial score (nSPS) is 31.8. The molecule has 2 N–H and O–H groups in total. The lowest BCUT2D eigenvalue weighted by molar-refractivity contribution is -0.123. The van der Waals surface area contributed by atoms with Crippen molar-refractivity contribution in [1.82, 2.24) is 10.6 Å². The molecule has 2 fully saturated rings. The van der Waals surface area contributed by atoms with Gasteiger partial charge in [-0.1, -0.05) is 18.2 Å². The monoisotopic (exact) mass is 322 g/mol. The minimum atomic E-state index is 0. The molecule has 0 radical (unpaired) electrons. The highest BCUT2D eigenvalue weighted by molar-refractivity contribution is 5.85. The maximum absolute atomic E-state index is 12.3. The van der Waals surface area contributed by atoms with Gasteiger partial charge in [0.2, 0.25) is 5.91 Å². The van der Waals surface area contributed by atoms with Crippen LogP contribution in [0.2, 0.25) is 0 Å². The maximum atomic E-state index is 12.3. The van der Waals surface area contributed by atoms with E-state index in [9.17, 15) is 4.79 Å². The summed E-state index contributed by atoms with van der Waals surface area (Å²) in [4.78, 5) is 12.3. The third-order valence-corrected chi connectivity index (χ3v) is 5.08. The third-order valence-electron chi connectivity index (χ3n) is 5.08. The van der Waals surface area contributed by atoms with Crippen molar-refractivity contribution in [3.63, 3.8) is 0 Å². The summed E-state index contributed by atoms with van der Waals surface area (Å²) in [6.45, 7) is 0.558. The van der Waals surface area contributed by atoms with Crippen LogP contribution in [0.4, 0.5) is 0 Å². The molecule has 4 nitrogen and oxygen atoms in total. The molecular formula is C17H23ClN2O2. The average Bonchev–Trinajstić information content (AvgIpc) is 3.03. The van der Waals surface area contributed by atoms with E-state index in [1.807, 2.05) is 24.3 Å². The van der Waals surface area contributed by atoms with Crippen LogP contribution in [0.5, 0.6) is 5.75 Å². The fourth-order valence-electron chi connectivity index (χ4n) is 4.14. The van der Waals surface area contributed by atoms with Crippen LogP contribution < -0.4 is 15.4 Å². The SMILES string of the molecule is Cl.O=C(CC1CC2CCC(C1)N2)NC1COc2ccccc21. The van der Waals surface area contributed by atoms with E-state index in [0.717, 1.165) is 24.2 Å². The fraction of sp³-hybridized carbons (Fsp3) is 0.588. The zero-order valence-corrected chi connectivity index (χ0v) is 13.4. The van der Waals surface area contributed by atoms with Gasteiger partial charge in [0.05, 0.1) is 6.04 Å². The van der Waals surface area contributed by atoms with E-state index in [1.165, 1.54) is 12.8 Å². The Kier molecular flexibility index (Phi) is 4.59. The first kappa shape index (κ1) is 15.6. The predicted molar refractivity (Wildman–Crippen MR) is 87.4 cm³/mol. The molecular weight excluding hydrogens is 300 g/mol. The van der Waals surface area contributed by atoms with Gasteiger partial charge in [-0.3, -0.25) is 4.79 Å². The van der Waals surface area contributed by atoms with Crippen LogP contribution in [0.1, 0.15) is 43.7 Å². The lowest BCUT2D eigenvalue weighted by Crippen LogP contribution is -2.40. The molecule has 3 aliphatic heterocycles. The van der Waals surface area contributed by atoms with Crippen LogP contribution in [0.15, 0.2) is 24.3 Å². The molecule has 5 heteroatoms. The predicted octanol–water partition coefficient (Wildman–Crippen LogP) is 2.58. The molecule has 0 spiro atoms. The number of hydrogen-bond donors (Lipinski definition) is 2. The molecule has 1 aromatic rings. The first-order valence-corrected chi connectivity index (χ1v) is 8.05. The van der Waals surface area contributed by atoms with Gasteiger partial charge in [-0.15, -0.1) is 12.4 Å². The number of fused-ring (bicyclic) bond motifs is 3. The first-order chi connectivity index (χ1) is 10.3. The van der Waals surface area contributed by atoms with Crippen molar-refractivity contribution in [2.75, 3.05) is 6.61 Å². The molecule has 2 saturated heterocycles. The average molecular weight is 323 g/mol.